The van der Waals surface area contributed by atoms with E-state index in [4.69, 9.17) is 0 Å². The number of fused-ring (bicyclic) bond motifs is 1. The summed E-state index contributed by atoms with van der Waals surface area (Å²) in [6.07, 6.45) is 10.5. The molecule has 0 aromatic carbocycles. The third kappa shape index (κ3) is 1.46. The zero-order valence-electron chi connectivity index (χ0n) is 6.21. The molecule has 1 heterocycles. The summed E-state index contributed by atoms with van der Waals surface area (Å²) in [6.45, 7) is 1.08. The van der Waals surface area contributed by atoms with Crippen LogP contribution >= 0.6 is 11.8 Å². The van der Waals surface area contributed by atoms with Gasteiger partial charge in [0.05, 0.1) is 10.7 Å². The van der Waals surface area contributed by atoms with E-state index in [2.05, 4.69) is 35.4 Å². The minimum Gasteiger partial charge on any atom is -0.240 e. The molecule has 0 amide bonds. The van der Waals surface area contributed by atoms with Gasteiger partial charge in [-0.1, -0.05) is 18.2 Å². The van der Waals surface area contributed by atoms with Crippen LogP contribution in [0.1, 0.15) is 0 Å². The summed E-state index contributed by atoms with van der Waals surface area (Å²) in [6, 6.07) is 0. The molecule has 0 aromatic heterocycles. The van der Waals surface area contributed by atoms with Crippen molar-refractivity contribution in [2.24, 2.45) is 0 Å². The molecule has 0 spiro atoms. The van der Waals surface area contributed by atoms with Gasteiger partial charge >= 0.3 is 0 Å². The van der Waals surface area contributed by atoms with Crippen LogP contribution in [-0.4, -0.2) is 18.0 Å². The molecule has 1 aliphatic carbocycles. The number of hydrogen-bond donors (Lipinski definition) is 1. The van der Waals surface area contributed by atoms with E-state index in [1.54, 1.807) is 0 Å². The van der Waals surface area contributed by atoms with Crippen molar-refractivity contribution < 1.29 is 4.99 Å². The topological polar surface area (TPSA) is 14.0 Å². The van der Waals surface area contributed by atoms with E-state index in [-0.39, 0.29) is 0 Å². The van der Waals surface area contributed by atoms with Gasteiger partial charge in [-0.15, -0.1) is 11.8 Å². The predicted molar refractivity (Wildman–Crippen MR) is 49.7 cm³/mol. The van der Waals surface area contributed by atoms with Crippen molar-refractivity contribution in [3.05, 3.63) is 35.3 Å². The molecule has 0 unspecified atom stereocenters. The van der Waals surface area contributed by atoms with Gasteiger partial charge in [-0.25, -0.2) is 4.99 Å². The molecule has 1 nitrogen and oxygen atoms in total. The van der Waals surface area contributed by atoms with E-state index >= 15 is 0 Å². The molecule has 0 saturated heterocycles. The Labute approximate surface area is 70.6 Å². The van der Waals surface area contributed by atoms with E-state index in [0.29, 0.717) is 0 Å². The molecule has 56 valence electrons. The Bertz CT molecular complexity index is 271. The number of hydrogen-bond acceptors (Lipinski definition) is 1. The molecular weight excluding hydrogens is 154 g/mol. The van der Waals surface area contributed by atoms with E-state index in [9.17, 15) is 0 Å². The Morgan fingerprint density at radius 2 is 2.27 bits per heavy atom. The first-order valence-electron chi connectivity index (χ1n) is 3.76. The van der Waals surface area contributed by atoms with Crippen LogP contribution < -0.4 is 4.99 Å². The average molecular weight is 164 g/mol. The highest BCUT2D eigenvalue weighted by Crippen LogP contribution is 2.18. The fourth-order valence-electron chi connectivity index (χ4n) is 1.15. The van der Waals surface area contributed by atoms with Crippen molar-refractivity contribution >= 4 is 17.5 Å². The van der Waals surface area contributed by atoms with E-state index < -0.39 is 0 Å². The lowest BCUT2D eigenvalue weighted by molar-refractivity contribution is -0.450. The first-order valence-corrected chi connectivity index (χ1v) is 4.74. The summed E-state index contributed by atoms with van der Waals surface area (Å²) in [7, 11) is 0. The van der Waals surface area contributed by atoms with Crippen LogP contribution in [0.4, 0.5) is 0 Å². The first-order chi connectivity index (χ1) is 5.47. The summed E-state index contributed by atoms with van der Waals surface area (Å²) in [5.74, 6) is 1.18. The zero-order valence-corrected chi connectivity index (χ0v) is 7.03. The van der Waals surface area contributed by atoms with Crippen molar-refractivity contribution in [1.29, 1.82) is 0 Å². The quantitative estimate of drug-likeness (QED) is 0.542. The van der Waals surface area contributed by atoms with Crippen LogP contribution in [0.2, 0.25) is 0 Å². The lowest BCUT2D eigenvalue weighted by Crippen LogP contribution is -2.75. The number of nitrogens with one attached hydrogen (secondary N) is 1. The largest absolute Gasteiger partial charge is 0.240 e. The maximum Gasteiger partial charge on any atom is 0.212 e. The minimum atomic E-state index is 1.08. The molecule has 2 rings (SSSR count). The monoisotopic (exact) mass is 164 g/mol. The van der Waals surface area contributed by atoms with Crippen LogP contribution in [-0.2, 0) is 0 Å². The molecule has 0 bridgehead atoms. The van der Waals surface area contributed by atoms with E-state index in [0.717, 1.165) is 6.54 Å². The Morgan fingerprint density at radius 1 is 1.27 bits per heavy atom. The van der Waals surface area contributed by atoms with Crippen LogP contribution in [0.25, 0.3) is 0 Å². The Kier molecular flexibility index (Phi) is 1.95. The number of allylic oxidation sites excluding steroid dienone is 6. The van der Waals surface area contributed by atoms with Crippen LogP contribution in [0.3, 0.4) is 0 Å². The Morgan fingerprint density at radius 3 is 3.27 bits per heavy atom. The van der Waals surface area contributed by atoms with Crippen LogP contribution in [0, 0.1) is 0 Å². The van der Waals surface area contributed by atoms with Crippen molar-refractivity contribution in [2.75, 3.05) is 12.3 Å². The number of thioether (sulfide) groups is 1. The van der Waals surface area contributed by atoms with Crippen molar-refractivity contribution in [2.45, 2.75) is 0 Å². The summed E-state index contributed by atoms with van der Waals surface area (Å²) in [5.41, 5.74) is 1.27. The maximum absolute atomic E-state index is 3.36. The maximum atomic E-state index is 3.36. The Balaban J connectivity index is 2.38. The molecule has 1 aliphatic heterocycles. The average Bonchev–Trinajstić information content (AvgIpc) is 2.28. The molecule has 11 heavy (non-hydrogen) atoms. The molecule has 0 aromatic rings. The molecule has 0 saturated carbocycles. The second-order valence-corrected chi connectivity index (χ2v) is 3.60. The SMILES string of the molecule is C1=CC=C2SCC[NH+]=C2C=C1. The van der Waals surface area contributed by atoms with Crippen molar-refractivity contribution in [1.82, 2.24) is 0 Å². The molecule has 2 aliphatic rings. The lowest BCUT2D eigenvalue weighted by Gasteiger charge is -2.04. The number of rotatable bonds is 0. The van der Waals surface area contributed by atoms with Gasteiger partial charge in [0.25, 0.3) is 0 Å². The highest BCUT2D eigenvalue weighted by molar-refractivity contribution is 8.04. The van der Waals surface area contributed by atoms with Gasteiger partial charge in [0.15, 0.2) is 6.54 Å². The van der Waals surface area contributed by atoms with Gasteiger partial charge in [-0.05, 0) is 6.08 Å². The molecule has 2 heteroatoms. The van der Waals surface area contributed by atoms with E-state index in [1.807, 2.05) is 11.8 Å². The highest BCUT2D eigenvalue weighted by atomic mass is 32.2. The van der Waals surface area contributed by atoms with Gasteiger partial charge in [0.2, 0.25) is 5.71 Å². The van der Waals surface area contributed by atoms with Gasteiger partial charge in [-0.3, -0.25) is 0 Å². The highest BCUT2D eigenvalue weighted by Gasteiger charge is 2.15. The summed E-state index contributed by atoms with van der Waals surface area (Å²) < 4.78 is 0. The van der Waals surface area contributed by atoms with Gasteiger partial charge < -0.3 is 0 Å². The van der Waals surface area contributed by atoms with Gasteiger partial charge in [0, 0.05) is 6.08 Å². The minimum absolute atomic E-state index is 1.08. The zero-order chi connectivity index (χ0) is 7.52. The summed E-state index contributed by atoms with van der Waals surface area (Å²) in [5, 5.41) is 0. The molecular formula is C9H10NS+. The van der Waals surface area contributed by atoms with Gasteiger partial charge in [0.1, 0.15) is 0 Å². The van der Waals surface area contributed by atoms with Crippen molar-refractivity contribution in [3.8, 4) is 0 Å². The molecule has 0 fully saturated rings. The molecule has 1 N–H and O–H groups in total. The van der Waals surface area contributed by atoms with Crippen LogP contribution in [0.15, 0.2) is 35.3 Å². The Hall–Kier alpha value is -0.760. The second-order valence-electron chi connectivity index (χ2n) is 2.46. The normalized spacial score (nSPS) is 21.8. The molecule has 0 atom stereocenters. The standard InChI is InChI=1S/C9H9NS/c1-2-4-8-9(5-3-1)11-7-6-10-8/h1-5H,6-7H2/p+1. The fraction of sp³-hybridized carbons (Fsp3) is 0.222. The lowest BCUT2D eigenvalue weighted by atomic mass is 10.3. The van der Waals surface area contributed by atoms with Gasteiger partial charge in [-0.2, -0.15) is 0 Å². The van der Waals surface area contributed by atoms with Crippen molar-refractivity contribution in [3.63, 3.8) is 0 Å². The third-order valence-electron chi connectivity index (χ3n) is 1.67. The third-order valence-corrected chi connectivity index (χ3v) is 2.75. The van der Waals surface area contributed by atoms with E-state index in [1.165, 1.54) is 16.4 Å². The first kappa shape index (κ1) is 6.92. The predicted octanol–water partition coefficient (Wildman–Crippen LogP) is 0.265. The van der Waals surface area contributed by atoms with Crippen LogP contribution in [0.5, 0.6) is 0 Å². The smallest absolute Gasteiger partial charge is 0.212 e. The molecule has 0 radical (unpaired) electrons. The summed E-state index contributed by atoms with van der Waals surface area (Å²) >= 11 is 1.92. The summed E-state index contributed by atoms with van der Waals surface area (Å²) in [4.78, 5) is 4.72. The fourth-order valence-corrected chi connectivity index (χ4v) is 2.04. The second kappa shape index (κ2) is 3.09.